The second-order valence-electron chi connectivity index (χ2n) is 6.08. The topological polar surface area (TPSA) is 93.2 Å². The van der Waals surface area contributed by atoms with Crippen molar-refractivity contribution >= 4 is 17.6 Å². The number of nitrogens with one attached hydrogen (secondary N) is 2. The Kier molecular flexibility index (Phi) is 5.96. The van der Waals surface area contributed by atoms with E-state index in [1.165, 1.54) is 13.3 Å². The average Bonchev–Trinajstić information content (AvgIpc) is 2.73. The van der Waals surface area contributed by atoms with Crippen molar-refractivity contribution in [1.29, 1.82) is 0 Å². The number of amides is 2. The molecule has 0 fully saturated rings. The Balaban J connectivity index is 1.69. The maximum Gasteiger partial charge on any atom is 0.256 e. The monoisotopic (exact) mass is 376 g/mol. The van der Waals surface area contributed by atoms with Crippen LogP contribution in [0.2, 0.25) is 0 Å². The number of hydrogen-bond donors (Lipinski definition) is 2. The molecule has 142 valence electrons. The summed E-state index contributed by atoms with van der Waals surface area (Å²) in [5.41, 5.74) is 2.99. The van der Waals surface area contributed by atoms with Crippen LogP contribution in [-0.4, -0.2) is 28.9 Å². The molecule has 0 saturated carbocycles. The summed E-state index contributed by atoms with van der Waals surface area (Å²) in [4.78, 5) is 31.8. The largest absolute Gasteiger partial charge is 0.497 e. The van der Waals surface area contributed by atoms with Crippen molar-refractivity contribution in [3.63, 3.8) is 0 Å². The Morgan fingerprint density at radius 3 is 2.36 bits per heavy atom. The van der Waals surface area contributed by atoms with Gasteiger partial charge in [0, 0.05) is 30.7 Å². The number of carbonyl (C=O) groups is 2. The Morgan fingerprint density at radius 2 is 1.71 bits per heavy atom. The molecule has 2 N–H and O–H groups in total. The van der Waals surface area contributed by atoms with Crippen molar-refractivity contribution in [2.45, 2.75) is 13.5 Å². The lowest BCUT2D eigenvalue weighted by atomic mass is 10.1. The number of benzene rings is 2. The highest BCUT2D eigenvalue weighted by molar-refractivity contribution is 6.03. The second kappa shape index (κ2) is 8.77. The van der Waals surface area contributed by atoms with Crippen LogP contribution < -0.4 is 15.4 Å². The number of carbonyl (C=O) groups excluding carboxylic acids is 2. The summed E-state index contributed by atoms with van der Waals surface area (Å²) in [5, 5.41) is 5.49. The minimum atomic E-state index is -0.273. The van der Waals surface area contributed by atoms with Crippen molar-refractivity contribution in [3.8, 4) is 17.0 Å². The summed E-state index contributed by atoms with van der Waals surface area (Å²) in [6.07, 6.45) is 1.41. The van der Waals surface area contributed by atoms with Crippen LogP contribution in [0.5, 0.6) is 5.75 Å². The first kappa shape index (κ1) is 19.0. The van der Waals surface area contributed by atoms with Gasteiger partial charge in [-0.1, -0.05) is 12.1 Å². The van der Waals surface area contributed by atoms with Crippen LogP contribution in [0.15, 0.2) is 60.9 Å². The molecule has 0 aliphatic carbocycles. The number of rotatable bonds is 6. The summed E-state index contributed by atoms with van der Waals surface area (Å²) >= 11 is 0. The lowest BCUT2D eigenvalue weighted by Gasteiger charge is -2.08. The van der Waals surface area contributed by atoms with Gasteiger partial charge >= 0.3 is 0 Å². The standard InChI is InChI=1S/C21H20N4O3/c1-14(26)22-12-15-3-5-17(6-4-15)21(27)25-20-11-19(23-13-24-20)16-7-9-18(28-2)10-8-16/h3-11,13H,12H2,1-2H3,(H,22,26)(H,23,24,25,27). The molecule has 28 heavy (non-hydrogen) atoms. The zero-order chi connectivity index (χ0) is 19.9. The summed E-state index contributed by atoms with van der Waals surface area (Å²) in [6, 6.07) is 16.2. The fourth-order valence-electron chi connectivity index (χ4n) is 2.53. The molecule has 0 bridgehead atoms. The summed E-state index contributed by atoms with van der Waals surface area (Å²) < 4.78 is 5.16. The lowest BCUT2D eigenvalue weighted by molar-refractivity contribution is -0.119. The van der Waals surface area contributed by atoms with Crippen molar-refractivity contribution in [2.75, 3.05) is 12.4 Å². The first-order valence-corrected chi connectivity index (χ1v) is 8.66. The van der Waals surface area contributed by atoms with E-state index in [4.69, 9.17) is 4.74 Å². The maximum absolute atomic E-state index is 12.5. The van der Waals surface area contributed by atoms with Gasteiger partial charge in [-0.05, 0) is 42.0 Å². The van der Waals surface area contributed by atoms with Gasteiger partial charge in [0.1, 0.15) is 17.9 Å². The van der Waals surface area contributed by atoms with Gasteiger partial charge in [-0.15, -0.1) is 0 Å². The van der Waals surface area contributed by atoms with E-state index in [0.717, 1.165) is 16.9 Å². The molecule has 0 unspecified atom stereocenters. The van der Waals surface area contributed by atoms with Crippen LogP contribution in [0.25, 0.3) is 11.3 Å². The van der Waals surface area contributed by atoms with Gasteiger partial charge in [-0.3, -0.25) is 9.59 Å². The van der Waals surface area contributed by atoms with Gasteiger partial charge in [0.15, 0.2) is 0 Å². The van der Waals surface area contributed by atoms with Crippen LogP contribution in [0.1, 0.15) is 22.8 Å². The summed E-state index contributed by atoms with van der Waals surface area (Å²) in [5.74, 6) is 0.796. The number of aromatic nitrogens is 2. The molecule has 0 atom stereocenters. The van der Waals surface area contributed by atoms with Gasteiger partial charge < -0.3 is 15.4 Å². The second-order valence-corrected chi connectivity index (χ2v) is 6.08. The fourth-order valence-corrected chi connectivity index (χ4v) is 2.53. The molecular weight excluding hydrogens is 356 g/mol. The maximum atomic E-state index is 12.5. The van der Waals surface area contributed by atoms with Gasteiger partial charge in [-0.25, -0.2) is 9.97 Å². The van der Waals surface area contributed by atoms with Gasteiger partial charge in [0.2, 0.25) is 5.91 Å². The number of anilines is 1. The van der Waals surface area contributed by atoms with E-state index in [0.29, 0.717) is 23.6 Å². The lowest BCUT2D eigenvalue weighted by Crippen LogP contribution is -2.19. The highest BCUT2D eigenvalue weighted by Crippen LogP contribution is 2.22. The van der Waals surface area contributed by atoms with Crippen molar-refractivity contribution in [2.24, 2.45) is 0 Å². The van der Waals surface area contributed by atoms with E-state index in [2.05, 4.69) is 20.6 Å². The molecule has 0 aliphatic rings. The molecule has 3 rings (SSSR count). The molecule has 3 aromatic rings. The molecule has 1 aromatic heterocycles. The Bertz CT molecular complexity index is 970. The minimum Gasteiger partial charge on any atom is -0.497 e. The SMILES string of the molecule is COc1ccc(-c2cc(NC(=O)c3ccc(CNC(C)=O)cc3)ncn2)cc1. The summed E-state index contributed by atoms with van der Waals surface area (Å²) in [7, 11) is 1.61. The normalized spacial score (nSPS) is 10.2. The molecule has 0 saturated heterocycles. The Hall–Kier alpha value is -3.74. The van der Waals surface area contributed by atoms with Gasteiger partial charge in [-0.2, -0.15) is 0 Å². The number of nitrogens with zero attached hydrogens (tertiary/aromatic N) is 2. The molecule has 2 amide bonds. The number of ether oxygens (including phenoxy) is 1. The number of methoxy groups -OCH3 is 1. The number of hydrogen-bond acceptors (Lipinski definition) is 5. The molecule has 2 aromatic carbocycles. The quantitative estimate of drug-likeness (QED) is 0.690. The predicted molar refractivity (Wildman–Crippen MR) is 106 cm³/mol. The van der Waals surface area contributed by atoms with E-state index in [1.54, 1.807) is 37.4 Å². The minimum absolute atomic E-state index is 0.0988. The van der Waals surface area contributed by atoms with Crippen LogP contribution in [0, 0.1) is 0 Å². The molecule has 0 aliphatic heterocycles. The Morgan fingerprint density at radius 1 is 1.00 bits per heavy atom. The van der Waals surface area contributed by atoms with Gasteiger partial charge in [0.05, 0.1) is 12.8 Å². The first-order chi connectivity index (χ1) is 13.5. The van der Waals surface area contributed by atoms with Crippen LogP contribution in [0.4, 0.5) is 5.82 Å². The van der Waals surface area contributed by atoms with Crippen molar-refractivity contribution < 1.29 is 14.3 Å². The van der Waals surface area contributed by atoms with E-state index in [-0.39, 0.29) is 11.8 Å². The molecule has 1 heterocycles. The van der Waals surface area contributed by atoms with Gasteiger partial charge in [0.25, 0.3) is 5.91 Å². The van der Waals surface area contributed by atoms with E-state index >= 15 is 0 Å². The fraction of sp³-hybridized carbons (Fsp3) is 0.143. The van der Waals surface area contributed by atoms with E-state index < -0.39 is 0 Å². The summed E-state index contributed by atoms with van der Waals surface area (Å²) in [6.45, 7) is 1.89. The molecule has 0 radical (unpaired) electrons. The zero-order valence-electron chi connectivity index (χ0n) is 15.6. The zero-order valence-corrected chi connectivity index (χ0v) is 15.6. The molecule has 7 nitrogen and oxygen atoms in total. The third kappa shape index (κ3) is 4.91. The van der Waals surface area contributed by atoms with Crippen molar-refractivity contribution in [1.82, 2.24) is 15.3 Å². The van der Waals surface area contributed by atoms with Crippen LogP contribution in [-0.2, 0) is 11.3 Å². The van der Waals surface area contributed by atoms with E-state index in [9.17, 15) is 9.59 Å². The third-order valence-electron chi connectivity index (χ3n) is 4.05. The predicted octanol–water partition coefficient (Wildman–Crippen LogP) is 3.04. The first-order valence-electron chi connectivity index (χ1n) is 8.66. The highest BCUT2D eigenvalue weighted by atomic mass is 16.5. The van der Waals surface area contributed by atoms with Crippen LogP contribution >= 0.6 is 0 Å². The third-order valence-corrected chi connectivity index (χ3v) is 4.05. The molecule has 0 spiro atoms. The van der Waals surface area contributed by atoms with E-state index in [1.807, 2.05) is 24.3 Å². The highest BCUT2D eigenvalue weighted by Gasteiger charge is 2.09. The van der Waals surface area contributed by atoms with Crippen molar-refractivity contribution in [3.05, 3.63) is 72.1 Å². The average molecular weight is 376 g/mol. The molecular formula is C21H20N4O3. The van der Waals surface area contributed by atoms with Crippen LogP contribution in [0.3, 0.4) is 0 Å². The molecule has 7 heteroatoms. The Labute approximate surface area is 162 Å². The smallest absolute Gasteiger partial charge is 0.256 e.